The minimum atomic E-state index is -0.306. The van der Waals surface area contributed by atoms with Gasteiger partial charge in [-0.15, -0.1) is 6.58 Å². The van der Waals surface area contributed by atoms with E-state index in [2.05, 4.69) is 11.6 Å². The molecule has 2 aliphatic heterocycles. The fraction of sp³-hybridized carbons (Fsp3) is 0.450. The maximum absolute atomic E-state index is 13.0. The van der Waals surface area contributed by atoms with Crippen molar-refractivity contribution in [2.45, 2.75) is 18.0 Å². The standard InChI is InChI=1S/C20H23N3O5S/c1-2-5-23-19(25)15-4-3-14(18(24)22-6-8-26-9-7-22)12-16(15)21-20(23)29-13-17-27-10-11-28-17/h2-4,12,17H,1,5-11,13H2. The average Bonchev–Trinajstić information content (AvgIpc) is 3.28. The first-order valence-electron chi connectivity index (χ1n) is 9.56. The van der Waals surface area contributed by atoms with E-state index in [0.717, 1.165) is 0 Å². The summed E-state index contributed by atoms with van der Waals surface area (Å²) in [5.74, 6) is 0.454. The first kappa shape index (κ1) is 20.1. The first-order valence-corrected chi connectivity index (χ1v) is 10.5. The predicted octanol–water partition coefficient (Wildman–Crippen LogP) is 1.52. The summed E-state index contributed by atoms with van der Waals surface area (Å²) >= 11 is 1.40. The van der Waals surface area contributed by atoms with E-state index in [1.54, 1.807) is 33.7 Å². The van der Waals surface area contributed by atoms with Gasteiger partial charge in [-0.1, -0.05) is 17.8 Å². The lowest BCUT2D eigenvalue weighted by Crippen LogP contribution is -2.40. The van der Waals surface area contributed by atoms with Gasteiger partial charge in [-0.25, -0.2) is 4.98 Å². The highest BCUT2D eigenvalue weighted by atomic mass is 32.2. The Morgan fingerprint density at radius 2 is 2.00 bits per heavy atom. The predicted molar refractivity (Wildman–Crippen MR) is 109 cm³/mol. The van der Waals surface area contributed by atoms with Crippen LogP contribution in [0.3, 0.4) is 0 Å². The normalized spacial score (nSPS) is 17.7. The molecule has 2 saturated heterocycles. The number of amides is 1. The van der Waals surface area contributed by atoms with E-state index in [1.807, 2.05) is 0 Å². The Labute approximate surface area is 172 Å². The number of morpholine rings is 1. The van der Waals surface area contributed by atoms with Crippen molar-refractivity contribution in [3.63, 3.8) is 0 Å². The Morgan fingerprint density at radius 1 is 1.24 bits per heavy atom. The van der Waals surface area contributed by atoms with E-state index < -0.39 is 0 Å². The maximum atomic E-state index is 13.0. The van der Waals surface area contributed by atoms with E-state index >= 15 is 0 Å². The summed E-state index contributed by atoms with van der Waals surface area (Å²) < 4.78 is 17.8. The Balaban J connectivity index is 1.66. The lowest BCUT2D eigenvalue weighted by Gasteiger charge is -2.26. The van der Waals surface area contributed by atoms with Crippen LogP contribution in [0.4, 0.5) is 0 Å². The molecule has 9 heteroatoms. The fourth-order valence-electron chi connectivity index (χ4n) is 3.33. The van der Waals surface area contributed by atoms with Gasteiger partial charge in [-0.05, 0) is 18.2 Å². The zero-order valence-corrected chi connectivity index (χ0v) is 16.9. The number of benzene rings is 1. The quantitative estimate of drug-likeness (QED) is 0.400. The van der Waals surface area contributed by atoms with Crippen molar-refractivity contribution in [2.75, 3.05) is 45.3 Å². The minimum Gasteiger partial charge on any atom is -0.378 e. The zero-order valence-electron chi connectivity index (χ0n) is 16.0. The van der Waals surface area contributed by atoms with Crippen molar-refractivity contribution in [2.24, 2.45) is 0 Å². The highest BCUT2D eigenvalue weighted by Gasteiger charge is 2.21. The van der Waals surface area contributed by atoms with Crippen molar-refractivity contribution in [1.29, 1.82) is 0 Å². The molecule has 0 radical (unpaired) electrons. The molecule has 0 unspecified atom stereocenters. The third kappa shape index (κ3) is 4.37. The topological polar surface area (TPSA) is 82.9 Å². The molecule has 0 bridgehead atoms. The second kappa shape index (κ2) is 9.08. The Kier molecular flexibility index (Phi) is 6.29. The Morgan fingerprint density at radius 3 is 2.72 bits per heavy atom. The number of fused-ring (bicyclic) bond motifs is 1. The smallest absolute Gasteiger partial charge is 0.262 e. The third-order valence-corrected chi connectivity index (χ3v) is 5.83. The van der Waals surface area contributed by atoms with Crippen LogP contribution in [0.25, 0.3) is 10.9 Å². The molecule has 0 N–H and O–H groups in total. The van der Waals surface area contributed by atoms with Crippen LogP contribution < -0.4 is 5.56 Å². The van der Waals surface area contributed by atoms with Gasteiger partial charge in [-0.2, -0.15) is 0 Å². The van der Waals surface area contributed by atoms with Gasteiger partial charge in [0.25, 0.3) is 11.5 Å². The van der Waals surface area contributed by atoms with Gasteiger partial charge in [0.15, 0.2) is 11.4 Å². The van der Waals surface area contributed by atoms with Gasteiger partial charge >= 0.3 is 0 Å². The largest absolute Gasteiger partial charge is 0.378 e. The molecule has 1 amide bonds. The number of hydrogen-bond donors (Lipinski definition) is 0. The molecule has 4 rings (SSSR count). The maximum Gasteiger partial charge on any atom is 0.262 e. The van der Waals surface area contributed by atoms with Crippen molar-refractivity contribution < 1.29 is 19.0 Å². The average molecular weight is 417 g/mol. The van der Waals surface area contributed by atoms with Gasteiger partial charge < -0.3 is 19.1 Å². The van der Waals surface area contributed by atoms with E-state index in [1.165, 1.54) is 11.8 Å². The number of carbonyl (C=O) groups is 1. The SMILES string of the molecule is C=CCn1c(SCC2OCCO2)nc2cc(C(=O)N3CCOCC3)ccc2c1=O. The van der Waals surface area contributed by atoms with Gasteiger partial charge in [0, 0.05) is 25.2 Å². The molecule has 1 aromatic heterocycles. The molecular formula is C20H23N3O5S. The molecule has 0 atom stereocenters. The highest BCUT2D eigenvalue weighted by molar-refractivity contribution is 7.99. The van der Waals surface area contributed by atoms with Crippen molar-refractivity contribution in [3.8, 4) is 0 Å². The summed E-state index contributed by atoms with van der Waals surface area (Å²) in [6.45, 7) is 7.44. The van der Waals surface area contributed by atoms with Gasteiger partial charge in [-0.3, -0.25) is 14.2 Å². The number of aromatic nitrogens is 2. The first-order chi connectivity index (χ1) is 14.2. The molecule has 2 aromatic rings. The molecule has 2 fully saturated rings. The summed E-state index contributed by atoms with van der Waals surface area (Å²) in [4.78, 5) is 32.2. The van der Waals surface area contributed by atoms with Crippen LogP contribution in [0.1, 0.15) is 10.4 Å². The van der Waals surface area contributed by atoms with E-state index in [-0.39, 0.29) is 17.8 Å². The van der Waals surface area contributed by atoms with Crippen LogP contribution in [0.2, 0.25) is 0 Å². The van der Waals surface area contributed by atoms with Gasteiger partial charge in [0.05, 0.1) is 43.1 Å². The number of nitrogens with zero attached hydrogens (tertiary/aromatic N) is 3. The van der Waals surface area contributed by atoms with Crippen molar-refractivity contribution in [3.05, 3.63) is 46.8 Å². The molecular weight excluding hydrogens is 394 g/mol. The number of thioether (sulfide) groups is 1. The van der Waals surface area contributed by atoms with E-state index in [9.17, 15) is 9.59 Å². The van der Waals surface area contributed by atoms with Crippen LogP contribution >= 0.6 is 11.8 Å². The summed E-state index contributed by atoms with van der Waals surface area (Å²) in [7, 11) is 0. The summed E-state index contributed by atoms with van der Waals surface area (Å²) in [6.07, 6.45) is 1.36. The highest BCUT2D eigenvalue weighted by Crippen LogP contribution is 2.22. The number of carbonyl (C=O) groups excluding carboxylic acids is 1. The van der Waals surface area contributed by atoms with Crippen molar-refractivity contribution >= 4 is 28.6 Å². The lowest BCUT2D eigenvalue weighted by molar-refractivity contribution is -0.0215. The van der Waals surface area contributed by atoms with Crippen LogP contribution in [-0.4, -0.2) is 71.9 Å². The van der Waals surface area contributed by atoms with Crippen LogP contribution in [0, 0.1) is 0 Å². The van der Waals surface area contributed by atoms with Gasteiger partial charge in [0.2, 0.25) is 0 Å². The molecule has 29 heavy (non-hydrogen) atoms. The summed E-state index contributed by atoms with van der Waals surface area (Å²) in [5, 5.41) is 1.03. The number of ether oxygens (including phenoxy) is 3. The number of allylic oxidation sites excluding steroid dienone is 1. The number of hydrogen-bond acceptors (Lipinski definition) is 7. The molecule has 3 heterocycles. The molecule has 0 aliphatic carbocycles. The molecule has 1 aromatic carbocycles. The zero-order chi connectivity index (χ0) is 20.2. The molecule has 8 nitrogen and oxygen atoms in total. The summed E-state index contributed by atoms with van der Waals surface area (Å²) in [5.41, 5.74) is 0.868. The van der Waals surface area contributed by atoms with E-state index in [4.69, 9.17) is 14.2 Å². The van der Waals surface area contributed by atoms with Gasteiger partial charge in [0.1, 0.15) is 0 Å². The van der Waals surface area contributed by atoms with Crippen LogP contribution in [-0.2, 0) is 20.8 Å². The second-order valence-corrected chi connectivity index (χ2v) is 7.70. The Bertz CT molecular complexity index is 964. The minimum absolute atomic E-state index is 0.0748. The summed E-state index contributed by atoms with van der Waals surface area (Å²) in [6, 6.07) is 5.06. The molecule has 154 valence electrons. The molecule has 0 spiro atoms. The van der Waals surface area contributed by atoms with Crippen molar-refractivity contribution in [1.82, 2.24) is 14.5 Å². The lowest BCUT2D eigenvalue weighted by atomic mass is 10.1. The van der Waals surface area contributed by atoms with E-state index in [0.29, 0.717) is 73.4 Å². The molecule has 2 aliphatic rings. The molecule has 0 saturated carbocycles. The van der Waals surface area contributed by atoms with Crippen LogP contribution in [0.15, 0.2) is 40.8 Å². The fourth-order valence-corrected chi connectivity index (χ4v) is 4.28. The third-order valence-electron chi connectivity index (χ3n) is 4.82. The number of rotatable bonds is 6. The monoisotopic (exact) mass is 417 g/mol. The van der Waals surface area contributed by atoms with Crippen LogP contribution in [0.5, 0.6) is 0 Å². The Hall–Kier alpha value is -2.20. The second-order valence-electron chi connectivity index (χ2n) is 6.72.